The Morgan fingerprint density at radius 2 is 2.17 bits per heavy atom. The second kappa shape index (κ2) is 7.42. The first-order valence-corrected chi connectivity index (χ1v) is 9.76. The minimum atomic E-state index is -1.99. The van der Waals surface area contributed by atoms with Gasteiger partial charge in [-0.2, -0.15) is 0 Å². The molecule has 0 radical (unpaired) electrons. The Hall–Kier alpha value is -2.45. The number of cyclic esters (lactones) is 1. The summed E-state index contributed by atoms with van der Waals surface area (Å²) in [6, 6.07) is 2.82. The highest BCUT2D eigenvalue weighted by atomic mass is 31.0. The van der Waals surface area contributed by atoms with Gasteiger partial charge in [0.2, 0.25) is 0 Å². The van der Waals surface area contributed by atoms with E-state index >= 15 is 0 Å². The third-order valence-corrected chi connectivity index (χ3v) is 5.12. The van der Waals surface area contributed by atoms with Crippen LogP contribution in [0.5, 0.6) is 0 Å². The summed E-state index contributed by atoms with van der Waals surface area (Å²) in [6.45, 7) is 5.41. The van der Waals surface area contributed by atoms with Gasteiger partial charge in [-0.1, -0.05) is 9.24 Å². The maximum atomic E-state index is 14.8. The zero-order valence-electron chi connectivity index (χ0n) is 15.9. The molecule has 1 amide bonds. The monoisotopic (exact) mass is 422 g/mol. The molecule has 2 aromatic heterocycles. The molecule has 154 valence electrons. The highest BCUT2D eigenvalue weighted by Gasteiger charge is 2.42. The lowest BCUT2D eigenvalue weighted by molar-refractivity contribution is 0.0386. The van der Waals surface area contributed by atoms with Crippen LogP contribution in [-0.4, -0.2) is 52.1 Å². The van der Waals surface area contributed by atoms with Crippen molar-refractivity contribution in [1.29, 1.82) is 0 Å². The molecule has 0 aromatic carbocycles. The van der Waals surface area contributed by atoms with Crippen molar-refractivity contribution in [3.8, 4) is 11.4 Å². The van der Waals surface area contributed by atoms with E-state index in [0.717, 1.165) is 6.54 Å². The summed E-state index contributed by atoms with van der Waals surface area (Å²) < 4.78 is 34.5. The zero-order valence-corrected chi connectivity index (χ0v) is 17.1. The second-order valence-corrected chi connectivity index (χ2v) is 8.51. The molecule has 2 aromatic rings. The molecule has 0 saturated carbocycles. The van der Waals surface area contributed by atoms with Gasteiger partial charge < -0.3 is 15.0 Å². The molecule has 2 aliphatic heterocycles. The van der Waals surface area contributed by atoms with Crippen LogP contribution in [0.4, 0.5) is 25.2 Å². The van der Waals surface area contributed by atoms with E-state index in [1.165, 1.54) is 25.4 Å². The predicted octanol–water partition coefficient (Wildman–Crippen LogP) is 2.64. The van der Waals surface area contributed by atoms with Gasteiger partial charge in [0.15, 0.2) is 11.5 Å². The van der Waals surface area contributed by atoms with Crippen molar-refractivity contribution < 1.29 is 18.3 Å². The van der Waals surface area contributed by atoms with Crippen LogP contribution in [-0.2, 0) is 4.74 Å². The van der Waals surface area contributed by atoms with E-state index in [9.17, 15) is 13.6 Å². The molecule has 0 aliphatic carbocycles. The fraction of sp³-hybridized carbons (Fsp3) is 0.444. The number of fused-ring (bicyclic) bond motifs is 1. The van der Waals surface area contributed by atoms with E-state index in [0.29, 0.717) is 18.9 Å². The van der Waals surface area contributed by atoms with Crippen LogP contribution in [0.25, 0.3) is 11.4 Å². The lowest BCUT2D eigenvalue weighted by atomic mass is 10.0. The normalized spacial score (nSPS) is 23.6. The van der Waals surface area contributed by atoms with E-state index in [1.807, 2.05) is 21.1 Å². The highest BCUT2D eigenvalue weighted by Crippen LogP contribution is 2.45. The van der Waals surface area contributed by atoms with Crippen LogP contribution in [0, 0.1) is 5.82 Å². The summed E-state index contributed by atoms with van der Waals surface area (Å²) in [4.78, 5) is 26.6. The molecule has 4 rings (SSSR count). The number of pyridine rings is 1. The number of amides is 1. The average molecular weight is 422 g/mol. The van der Waals surface area contributed by atoms with Crippen LogP contribution in [0.3, 0.4) is 0 Å². The quantitative estimate of drug-likeness (QED) is 0.735. The summed E-state index contributed by atoms with van der Waals surface area (Å²) in [5, 5.41) is 3.78. The molecule has 2 aliphatic rings. The fourth-order valence-corrected chi connectivity index (χ4v) is 3.78. The van der Waals surface area contributed by atoms with E-state index in [1.54, 1.807) is 0 Å². The molecule has 11 heteroatoms. The van der Waals surface area contributed by atoms with Crippen LogP contribution < -0.4 is 15.5 Å². The molecule has 8 nitrogen and oxygen atoms in total. The van der Waals surface area contributed by atoms with E-state index in [2.05, 4.69) is 25.6 Å². The molecule has 4 heterocycles. The molecule has 4 atom stereocenters. The molecular weight excluding hydrogens is 401 g/mol. The predicted molar refractivity (Wildman–Crippen MR) is 107 cm³/mol. The average Bonchev–Trinajstić information content (AvgIpc) is 2.65. The lowest BCUT2D eigenvalue weighted by Crippen LogP contribution is -2.49. The second-order valence-electron chi connectivity index (χ2n) is 7.38. The summed E-state index contributed by atoms with van der Waals surface area (Å²) in [6.07, 6.45) is -0.893. The number of nitrogens with one attached hydrogen (secondary N) is 2. The minimum absolute atomic E-state index is 0.117. The number of carbonyl (C=O) groups excluding carboxylic acids is 1. The van der Waals surface area contributed by atoms with Gasteiger partial charge >= 0.3 is 6.09 Å². The Kier molecular flexibility index (Phi) is 5.08. The van der Waals surface area contributed by atoms with Gasteiger partial charge in [0.25, 0.3) is 0 Å². The van der Waals surface area contributed by atoms with Crippen molar-refractivity contribution in [2.45, 2.75) is 31.4 Å². The molecule has 2 N–H and O–H groups in total. The lowest BCUT2D eigenvalue weighted by Gasteiger charge is -2.33. The molecule has 0 bridgehead atoms. The van der Waals surface area contributed by atoms with Gasteiger partial charge in [-0.3, -0.25) is 5.32 Å². The number of halogens is 2. The Morgan fingerprint density at radius 1 is 1.38 bits per heavy atom. The standard InChI is InChI=1S/C18H21F2N6O2P/c1-9-7-26(4-3-21-9)12-6-10(19)5-11(24-12)14-13-15(18(2,20)29)28-17(27)25-16(13)23-8-22-14/h5-6,8-9,15,21H,3-4,7,29H2,1-2H3,(H,22,23,25,27)/t9-,15+,18?/m0/s1. The smallest absolute Gasteiger partial charge is 0.413 e. The van der Waals surface area contributed by atoms with E-state index in [4.69, 9.17) is 4.74 Å². The summed E-state index contributed by atoms with van der Waals surface area (Å²) >= 11 is 0. The van der Waals surface area contributed by atoms with Gasteiger partial charge in [0.05, 0.1) is 11.3 Å². The zero-order chi connectivity index (χ0) is 20.8. The molecule has 0 spiro atoms. The van der Waals surface area contributed by atoms with Crippen molar-refractivity contribution in [3.05, 3.63) is 29.8 Å². The molecule has 1 saturated heterocycles. The number of anilines is 2. The molecule has 2 unspecified atom stereocenters. The van der Waals surface area contributed by atoms with Crippen molar-refractivity contribution in [2.24, 2.45) is 0 Å². The van der Waals surface area contributed by atoms with Gasteiger partial charge in [-0.05, 0) is 13.8 Å². The van der Waals surface area contributed by atoms with E-state index in [-0.39, 0.29) is 28.8 Å². The number of rotatable bonds is 3. The Balaban J connectivity index is 1.82. The third-order valence-electron chi connectivity index (χ3n) is 4.82. The first-order valence-electron chi connectivity index (χ1n) is 9.19. The molecule has 29 heavy (non-hydrogen) atoms. The maximum absolute atomic E-state index is 14.8. The van der Waals surface area contributed by atoms with Gasteiger partial charge in [-0.15, -0.1) is 0 Å². The number of carbonyl (C=O) groups is 1. The van der Waals surface area contributed by atoms with Crippen molar-refractivity contribution in [2.75, 3.05) is 29.9 Å². The number of hydrogen-bond donors (Lipinski definition) is 2. The minimum Gasteiger partial charge on any atom is -0.437 e. The van der Waals surface area contributed by atoms with Gasteiger partial charge in [-0.25, -0.2) is 28.5 Å². The van der Waals surface area contributed by atoms with Crippen LogP contribution in [0.15, 0.2) is 18.5 Å². The van der Waals surface area contributed by atoms with Crippen LogP contribution in [0.1, 0.15) is 25.5 Å². The Bertz CT molecular complexity index is 954. The maximum Gasteiger partial charge on any atom is 0.413 e. The third kappa shape index (κ3) is 4.00. The molecule has 1 fully saturated rings. The number of aromatic nitrogens is 3. The first kappa shape index (κ1) is 19.8. The highest BCUT2D eigenvalue weighted by molar-refractivity contribution is 7.18. The number of alkyl halides is 1. The Labute approximate surface area is 168 Å². The number of hydrogen-bond acceptors (Lipinski definition) is 7. The number of ether oxygens (including phenoxy) is 1. The fourth-order valence-electron chi connectivity index (χ4n) is 3.54. The van der Waals surface area contributed by atoms with Crippen LogP contribution >= 0.6 is 9.24 Å². The summed E-state index contributed by atoms with van der Waals surface area (Å²) in [5.74, 6) is 0.0904. The van der Waals surface area contributed by atoms with Gasteiger partial charge in [0.1, 0.15) is 29.5 Å². The summed E-state index contributed by atoms with van der Waals surface area (Å²) in [7, 11) is 2.01. The molecular formula is C18H21F2N6O2P. The SMILES string of the molecule is C[C@H]1CN(c2cc(F)cc(-c3ncnc4c3[C@H](C(C)(F)P)OC(=O)N4)n2)CCN1. The topological polar surface area (TPSA) is 92.3 Å². The largest absolute Gasteiger partial charge is 0.437 e. The van der Waals surface area contributed by atoms with Gasteiger partial charge in [0, 0.05) is 37.8 Å². The van der Waals surface area contributed by atoms with Crippen LogP contribution in [0.2, 0.25) is 0 Å². The summed E-state index contributed by atoms with van der Waals surface area (Å²) in [5.41, 5.74) is 0.629. The number of nitrogens with zero attached hydrogens (tertiary/aromatic N) is 4. The van der Waals surface area contributed by atoms with Crippen molar-refractivity contribution in [3.63, 3.8) is 0 Å². The number of piperazine rings is 1. The van der Waals surface area contributed by atoms with Crippen molar-refractivity contribution in [1.82, 2.24) is 20.3 Å². The first-order chi connectivity index (χ1) is 13.7. The Morgan fingerprint density at radius 3 is 2.90 bits per heavy atom. The van der Waals surface area contributed by atoms with E-state index < -0.39 is 23.4 Å². The van der Waals surface area contributed by atoms with Crippen molar-refractivity contribution >= 4 is 27.0 Å².